The van der Waals surface area contributed by atoms with Crippen LogP contribution < -0.4 is 0 Å². The van der Waals surface area contributed by atoms with Gasteiger partial charge in [-0.1, -0.05) is 6.07 Å². The Labute approximate surface area is 161 Å². The Kier molecular flexibility index (Phi) is 5.78. The smallest absolute Gasteiger partial charge is 0.245 e. The van der Waals surface area contributed by atoms with Crippen molar-refractivity contribution < 1.29 is 12.8 Å². The summed E-state index contributed by atoms with van der Waals surface area (Å²) in [6.07, 6.45) is 0. The van der Waals surface area contributed by atoms with Gasteiger partial charge < -0.3 is 0 Å². The molecule has 130 valence electrons. The van der Waals surface area contributed by atoms with Crippen LogP contribution in [0.15, 0.2) is 43.5 Å². The van der Waals surface area contributed by atoms with E-state index in [0.29, 0.717) is 26.2 Å². The lowest BCUT2D eigenvalue weighted by Gasteiger charge is -2.34. The highest BCUT2D eigenvalue weighted by Gasteiger charge is 2.32. The SMILES string of the molecule is O=S(=O)(c1c(Br)cc(F)cc1Br)N1CCN(Cc2cccs2)CC1. The van der Waals surface area contributed by atoms with Crippen LogP contribution in [0.1, 0.15) is 4.88 Å². The van der Waals surface area contributed by atoms with Gasteiger partial charge in [-0.3, -0.25) is 4.90 Å². The third-order valence-electron chi connectivity index (χ3n) is 3.85. The van der Waals surface area contributed by atoms with Gasteiger partial charge in [0.15, 0.2) is 0 Å². The molecule has 0 radical (unpaired) electrons. The molecule has 0 saturated carbocycles. The summed E-state index contributed by atoms with van der Waals surface area (Å²) < 4.78 is 41.1. The molecule has 1 aliphatic heterocycles. The van der Waals surface area contributed by atoms with Gasteiger partial charge in [-0.2, -0.15) is 4.31 Å². The Morgan fingerprint density at radius 3 is 2.29 bits per heavy atom. The molecule has 24 heavy (non-hydrogen) atoms. The molecule has 2 heterocycles. The number of halogens is 3. The molecule has 1 aromatic carbocycles. The van der Waals surface area contributed by atoms with Crippen molar-refractivity contribution in [2.75, 3.05) is 26.2 Å². The monoisotopic (exact) mass is 496 g/mol. The molecular weight excluding hydrogens is 483 g/mol. The normalized spacial score (nSPS) is 17.3. The van der Waals surface area contributed by atoms with Crippen molar-refractivity contribution in [2.24, 2.45) is 0 Å². The molecule has 0 unspecified atom stereocenters. The van der Waals surface area contributed by atoms with E-state index in [2.05, 4.69) is 42.8 Å². The zero-order chi connectivity index (χ0) is 17.3. The van der Waals surface area contributed by atoms with Gasteiger partial charge in [0.25, 0.3) is 0 Å². The molecule has 0 atom stereocenters. The van der Waals surface area contributed by atoms with Gasteiger partial charge in [0.2, 0.25) is 10.0 Å². The van der Waals surface area contributed by atoms with E-state index in [-0.39, 0.29) is 13.8 Å². The lowest BCUT2D eigenvalue weighted by molar-refractivity contribution is 0.183. The van der Waals surface area contributed by atoms with Crippen molar-refractivity contribution >= 4 is 53.2 Å². The van der Waals surface area contributed by atoms with Crippen LogP contribution in [0, 0.1) is 5.82 Å². The Hall–Kier alpha value is -0.320. The Morgan fingerprint density at radius 2 is 1.75 bits per heavy atom. The van der Waals surface area contributed by atoms with E-state index < -0.39 is 15.8 Å². The average molecular weight is 498 g/mol. The van der Waals surface area contributed by atoms with Gasteiger partial charge in [0.05, 0.1) is 0 Å². The zero-order valence-corrected chi connectivity index (χ0v) is 17.4. The van der Waals surface area contributed by atoms with Gasteiger partial charge in [-0.25, -0.2) is 12.8 Å². The Balaban J connectivity index is 1.73. The van der Waals surface area contributed by atoms with Crippen LogP contribution in [-0.2, 0) is 16.6 Å². The van der Waals surface area contributed by atoms with E-state index in [9.17, 15) is 12.8 Å². The van der Waals surface area contributed by atoms with Crippen molar-refractivity contribution in [2.45, 2.75) is 11.4 Å². The van der Waals surface area contributed by atoms with Gasteiger partial charge in [-0.15, -0.1) is 11.3 Å². The maximum atomic E-state index is 13.4. The summed E-state index contributed by atoms with van der Waals surface area (Å²) in [5.41, 5.74) is 0. The first-order valence-corrected chi connectivity index (χ1v) is 11.2. The molecule has 0 N–H and O–H groups in total. The van der Waals surface area contributed by atoms with Gasteiger partial charge in [0.1, 0.15) is 10.7 Å². The number of hydrogen-bond acceptors (Lipinski definition) is 4. The number of piperazine rings is 1. The molecular formula is C15H15Br2FN2O2S2. The fraction of sp³-hybridized carbons (Fsp3) is 0.333. The van der Waals surface area contributed by atoms with Crippen molar-refractivity contribution in [3.63, 3.8) is 0 Å². The predicted molar refractivity (Wildman–Crippen MR) is 100 cm³/mol. The van der Waals surface area contributed by atoms with Crippen LogP contribution in [0.3, 0.4) is 0 Å². The highest BCUT2D eigenvalue weighted by Crippen LogP contribution is 2.33. The zero-order valence-electron chi connectivity index (χ0n) is 12.6. The molecule has 1 aliphatic rings. The van der Waals surface area contributed by atoms with E-state index in [1.165, 1.54) is 21.3 Å². The van der Waals surface area contributed by atoms with Crippen molar-refractivity contribution in [3.8, 4) is 0 Å². The lowest BCUT2D eigenvalue weighted by Crippen LogP contribution is -2.48. The minimum Gasteiger partial charge on any atom is -0.296 e. The average Bonchev–Trinajstić information content (AvgIpc) is 2.99. The van der Waals surface area contributed by atoms with Crippen LogP contribution in [0.25, 0.3) is 0 Å². The first-order chi connectivity index (χ1) is 11.4. The molecule has 1 aromatic heterocycles. The van der Waals surface area contributed by atoms with E-state index in [1.54, 1.807) is 11.3 Å². The van der Waals surface area contributed by atoms with E-state index in [0.717, 1.165) is 6.54 Å². The highest BCUT2D eigenvalue weighted by atomic mass is 79.9. The summed E-state index contributed by atoms with van der Waals surface area (Å²) in [7, 11) is -3.68. The number of hydrogen-bond donors (Lipinski definition) is 0. The second-order valence-corrected chi connectivity index (χ2v) is 10.1. The van der Waals surface area contributed by atoms with E-state index in [1.807, 2.05) is 11.4 Å². The fourth-order valence-corrected chi connectivity index (χ4v) is 7.27. The topological polar surface area (TPSA) is 40.6 Å². The second-order valence-electron chi connectivity index (χ2n) is 5.46. The molecule has 1 fully saturated rings. The van der Waals surface area contributed by atoms with Crippen LogP contribution in [0.2, 0.25) is 0 Å². The van der Waals surface area contributed by atoms with Gasteiger partial charge in [0, 0.05) is 46.5 Å². The number of benzene rings is 1. The van der Waals surface area contributed by atoms with Crippen LogP contribution in [0.5, 0.6) is 0 Å². The standard InChI is InChI=1S/C15H15Br2FN2O2S2/c16-13-8-11(18)9-14(17)15(13)24(21,22)20-5-3-19(4-6-20)10-12-2-1-7-23-12/h1-2,7-9H,3-6,10H2. The summed E-state index contributed by atoms with van der Waals surface area (Å²) >= 11 is 8.04. The minimum absolute atomic E-state index is 0.0793. The largest absolute Gasteiger partial charge is 0.296 e. The molecule has 4 nitrogen and oxygen atoms in total. The molecule has 2 aromatic rings. The van der Waals surface area contributed by atoms with Crippen LogP contribution in [-0.4, -0.2) is 43.8 Å². The number of rotatable bonds is 4. The van der Waals surface area contributed by atoms with E-state index >= 15 is 0 Å². The summed E-state index contributed by atoms with van der Waals surface area (Å²) in [4.78, 5) is 3.60. The molecule has 0 amide bonds. The second kappa shape index (κ2) is 7.51. The maximum absolute atomic E-state index is 13.4. The van der Waals surface area contributed by atoms with Crippen molar-refractivity contribution in [3.05, 3.63) is 49.3 Å². The molecule has 1 saturated heterocycles. The number of nitrogens with zero attached hydrogens (tertiary/aromatic N) is 2. The van der Waals surface area contributed by atoms with E-state index in [4.69, 9.17) is 0 Å². The molecule has 0 aliphatic carbocycles. The molecule has 3 rings (SSSR count). The number of sulfonamides is 1. The van der Waals surface area contributed by atoms with Gasteiger partial charge in [-0.05, 0) is 55.4 Å². The molecule has 9 heteroatoms. The van der Waals surface area contributed by atoms with Gasteiger partial charge >= 0.3 is 0 Å². The predicted octanol–water partition coefficient (Wildman–Crippen LogP) is 3.92. The number of thiophene rings is 1. The van der Waals surface area contributed by atoms with Crippen molar-refractivity contribution in [1.29, 1.82) is 0 Å². The first kappa shape index (κ1) is 18.5. The summed E-state index contributed by atoms with van der Waals surface area (Å²) in [5, 5.41) is 2.04. The fourth-order valence-electron chi connectivity index (χ4n) is 2.66. The summed E-state index contributed by atoms with van der Waals surface area (Å²) in [5.74, 6) is -0.492. The highest BCUT2D eigenvalue weighted by molar-refractivity contribution is 9.11. The van der Waals surface area contributed by atoms with Crippen LogP contribution >= 0.6 is 43.2 Å². The Morgan fingerprint density at radius 1 is 1.12 bits per heavy atom. The summed E-state index contributed by atoms with van der Waals surface area (Å²) in [6.45, 7) is 3.03. The molecule has 0 spiro atoms. The maximum Gasteiger partial charge on any atom is 0.245 e. The third kappa shape index (κ3) is 3.91. The van der Waals surface area contributed by atoms with Crippen LogP contribution in [0.4, 0.5) is 4.39 Å². The summed E-state index contributed by atoms with van der Waals surface area (Å²) in [6, 6.07) is 6.44. The van der Waals surface area contributed by atoms with Crippen molar-refractivity contribution in [1.82, 2.24) is 9.21 Å². The minimum atomic E-state index is -3.68. The Bertz CT molecular complexity index is 797. The third-order valence-corrected chi connectivity index (χ3v) is 8.49. The molecule has 0 bridgehead atoms. The first-order valence-electron chi connectivity index (χ1n) is 7.27. The lowest BCUT2D eigenvalue weighted by atomic mass is 10.3. The quantitative estimate of drug-likeness (QED) is 0.642.